The highest BCUT2D eigenvalue weighted by molar-refractivity contribution is 5.82. The van der Waals surface area contributed by atoms with Crippen LogP contribution in [0.2, 0.25) is 0 Å². The summed E-state index contributed by atoms with van der Waals surface area (Å²) in [6.45, 7) is 0. The molecule has 2 aliphatic rings. The van der Waals surface area contributed by atoms with Gasteiger partial charge in [-0.05, 0) is 24.7 Å². The van der Waals surface area contributed by atoms with E-state index in [2.05, 4.69) is 17.3 Å². The Hall–Kier alpha value is -1.25. The van der Waals surface area contributed by atoms with Crippen molar-refractivity contribution in [3.8, 4) is 0 Å². The first-order chi connectivity index (χ1) is 6.33. The lowest BCUT2D eigenvalue weighted by atomic mass is 9.94. The summed E-state index contributed by atoms with van der Waals surface area (Å²) >= 11 is 0. The van der Waals surface area contributed by atoms with E-state index in [9.17, 15) is 9.70 Å². The second-order valence-corrected chi connectivity index (χ2v) is 3.65. The van der Waals surface area contributed by atoms with E-state index in [1.54, 1.807) is 0 Å². The maximum Gasteiger partial charge on any atom is 0.289 e. The molecular weight excluding hydrogens is 166 g/mol. The van der Waals surface area contributed by atoms with Crippen LogP contribution < -0.4 is 0 Å². The second-order valence-electron chi connectivity index (χ2n) is 3.65. The molecule has 3 unspecified atom stereocenters. The molecule has 2 aliphatic carbocycles. The first kappa shape index (κ1) is 8.35. The molecule has 0 aliphatic heterocycles. The highest BCUT2D eigenvalue weighted by Crippen LogP contribution is 2.47. The number of allylic oxidation sites excluding steroid dienone is 4. The van der Waals surface area contributed by atoms with Crippen LogP contribution in [-0.4, -0.2) is 5.91 Å². The summed E-state index contributed by atoms with van der Waals surface area (Å²) < 4.78 is 0. The minimum atomic E-state index is -0.465. The van der Waals surface area contributed by atoms with Crippen LogP contribution in [0.1, 0.15) is 12.8 Å². The third kappa shape index (κ3) is 1.59. The SMILES string of the molecule is O=NC(=O)C1CC1C1C=CC=CC1. The Bertz CT molecular complexity index is 293. The van der Waals surface area contributed by atoms with Gasteiger partial charge in [-0.25, -0.2) is 0 Å². The zero-order valence-electron chi connectivity index (χ0n) is 7.22. The lowest BCUT2D eigenvalue weighted by molar-refractivity contribution is -0.119. The summed E-state index contributed by atoms with van der Waals surface area (Å²) in [5.74, 6) is 0.263. The Kier molecular flexibility index (Phi) is 2.08. The largest absolute Gasteiger partial charge is 0.289 e. The average Bonchev–Trinajstić information content (AvgIpc) is 2.98. The average molecular weight is 177 g/mol. The summed E-state index contributed by atoms with van der Waals surface area (Å²) in [7, 11) is 0. The molecule has 0 aromatic carbocycles. The van der Waals surface area contributed by atoms with Crippen LogP contribution in [0.4, 0.5) is 0 Å². The summed E-state index contributed by atoms with van der Waals surface area (Å²) in [5, 5.41) is 2.46. The summed E-state index contributed by atoms with van der Waals surface area (Å²) in [4.78, 5) is 20.9. The van der Waals surface area contributed by atoms with Crippen LogP contribution in [0.5, 0.6) is 0 Å². The lowest BCUT2D eigenvalue weighted by Crippen LogP contribution is -2.05. The molecule has 0 heterocycles. The van der Waals surface area contributed by atoms with Crippen molar-refractivity contribution < 1.29 is 4.79 Å². The fourth-order valence-corrected chi connectivity index (χ4v) is 1.96. The monoisotopic (exact) mass is 177 g/mol. The van der Waals surface area contributed by atoms with Gasteiger partial charge in [-0.1, -0.05) is 24.3 Å². The number of nitrogens with zero attached hydrogens (tertiary/aromatic N) is 1. The molecule has 2 rings (SSSR count). The third-order valence-electron chi connectivity index (χ3n) is 2.81. The van der Waals surface area contributed by atoms with Gasteiger partial charge in [-0.3, -0.25) is 4.79 Å². The number of hydrogen-bond acceptors (Lipinski definition) is 2. The second kappa shape index (κ2) is 3.24. The fourth-order valence-electron chi connectivity index (χ4n) is 1.96. The molecule has 0 saturated heterocycles. The predicted molar refractivity (Wildman–Crippen MR) is 48.8 cm³/mol. The van der Waals surface area contributed by atoms with Crippen molar-refractivity contribution in [2.75, 3.05) is 0 Å². The van der Waals surface area contributed by atoms with Crippen LogP contribution in [-0.2, 0) is 4.79 Å². The zero-order chi connectivity index (χ0) is 9.26. The number of carbonyl (C=O) groups excluding carboxylic acids is 1. The fraction of sp³-hybridized carbons (Fsp3) is 0.500. The third-order valence-corrected chi connectivity index (χ3v) is 2.81. The molecule has 3 nitrogen and oxygen atoms in total. The molecule has 0 bridgehead atoms. The van der Waals surface area contributed by atoms with Crippen LogP contribution in [0.15, 0.2) is 29.5 Å². The summed E-state index contributed by atoms with van der Waals surface area (Å²) in [6.07, 6.45) is 10.1. The van der Waals surface area contributed by atoms with Gasteiger partial charge in [0.1, 0.15) is 0 Å². The minimum absolute atomic E-state index is 0.0846. The Balaban J connectivity index is 1.92. The highest BCUT2D eigenvalue weighted by Gasteiger charge is 2.47. The lowest BCUT2D eigenvalue weighted by Gasteiger charge is -2.10. The van der Waals surface area contributed by atoms with E-state index in [0.29, 0.717) is 11.8 Å². The van der Waals surface area contributed by atoms with E-state index in [1.807, 2.05) is 12.2 Å². The summed E-state index contributed by atoms with van der Waals surface area (Å²) in [6, 6.07) is 0. The number of amides is 1. The van der Waals surface area contributed by atoms with Gasteiger partial charge in [0, 0.05) is 11.1 Å². The van der Waals surface area contributed by atoms with Gasteiger partial charge >= 0.3 is 0 Å². The maximum atomic E-state index is 10.9. The van der Waals surface area contributed by atoms with Gasteiger partial charge < -0.3 is 0 Å². The van der Waals surface area contributed by atoms with E-state index in [0.717, 1.165) is 12.8 Å². The Morgan fingerprint density at radius 1 is 1.38 bits per heavy atom. The standard InChI is InChI=1S/C10H11NO2/c12-10(11-13)9-6-8(9)7-4-2-1-3-5-7/h1-4,7-9H,5-6H2. The Morgan fingerprint density at radius 2 is 2.23 bits per heavy atom. The van der Waals surface area contributed by atoms with Crippen LogP contribution in [0, 0.1) is 22.7 Å². The van der Waals surface area contributed by atoms with Crippen LogP contribution in [0.3, 0.4) is 0 Å². The molecular formula is C10H11NO2. The van der Waals surface area contributed by atoms with Gasteiger partial charge in [0.25, 0.3) is 5.91 Å². The molecule has 3 heteroatoms. The van der Waals surface area contributed by atoms with Gasteiger partial charge in [-0.2, -0.15) is 0 Å². The minimum Gasteiger partial charge on any atom is -0.269 e. The molecule has 13 heavy (non-hydrogen) atoms. The summed E-state index contributed by atoms with van der Waals surface area (Å²) in [5.41, 5.74) is 0. The van der Waals surface area contributed by atoms with Crippen molar-refractivity contribution >= 4 is 5.91 Å². The topological polar surface area (TPSA) is 46.5 Å². The van der Waals surface area contributed by atoms with Crippen molar-refractivity contribution in [2.24, 2.45) is 22.9 Å². The highest BCUT2D eigenvalue weighted by atomic mass is 16.3. The first-order valence-corrected chi connectivity index (χ1v) is 4.53. The van der Waals surface area contributed by atoms with Crippen molar-refractivity contribution in [1.82, 2.24) is 0 Å². The van der Waals surface area contributed by atoms with Gasteiger partial charge in [0.2, 0.25) is 0 Å². The molecule has 3 atom stereocenters. The molecule has 1 fully saturated rings. The van der Waals surface area contributed by atoms with E-state index >= 15 is 0 Å². The quantitative estimate of drug-likeness (QED) is 0.606. The number of nitroso groups, excluding NO2 is 1. The van der Waals surface area contributed by atoms with E-state index in [1.165, 1.54) is 0 Å². The molecule has 0 aromatic heterocycles. The van der Waals surface area contributed by atoms with Gasteiger partial charge in [0.15, 0.2) is 0 Å². The molecule has 0 aromatic rings. The van der Waals surface area contributed by atoms with Crippen molar-refractivity contribution in [1.29, 1.82) is 0 Å². The maximum absolute atomic E-state index is 10.9. The molecule has 1 amide bonds. The molecule has 0 N–H and O–H groups in total. The van der Waals surface area contributed by atoms with E-state index < -0.39 is 5.91 Å². The number of rotatable bonds is 2. The molecule has 0 spiro atoms. The Labute approximate surface area is 76.5 Å². The van der Waals surface area contributed by atoms with Crippen molar-refractivity contribution in [3.63, 3.8) is 0 Å². The van der Waals surface area contributed by atoms with Gasteiger partial charge in [0.05, 0.1) is 0 Å². The Morgan fingerprint density at radius 3 is 2.85 bits per heavy atom. The van der Waals surface area contributed by atoms with Crippen molar-refractivity contribution in [2.45, 2.75) is 12.8 Å². The normalized spacial score (nSPS) is 35.8. The smallest absolute Gasteiger partial charge is 0.269 e. The molecule has 1 saturated carbocycles. The molecule has 68 valence electrons. The molecule has 0 radical (unpaired) electrons. The number of carbonyl (C=O) groups is 1. The van der Waals surface area contributed by atoms with Crippen LogP contribution in [0.25, 0.3) is 0 Å². The number of hydrogen-bond donors (Lipinski definition) is 0. The first-order valence-electron chi connectivity index (χ1n) is 4.53. The van der Waals surface area contributed by atoms with Crippen LogP contribution >= 0.6 is 0 Å². The van der Waals surface area contributed by atoms with E-state index in [-0.39, 0.29) is 5.92 Å². The zero-order valence-corrected chi connectivity index (χ0v) is 7.22. The van der Waals surface area contributed by atoms with Crippen molar-refractivity contribution in [3.05, 3.63) is 29.2 Å². The van der Waals surface area contributed by atoms with E-state index in [4.69, 9.17) is 0 Å². The van der Waals surface area contributed by atoms with Gasteiger partial charge in [-0.15, -0.1) is 4.91 Å². The predicted octanol–water partition coefficient (Wildman–Crippen LogP) is 2.05.